The molecule has 0 aliphatic rings. The maximum Gasteiger partial charge on any atom is 0.336 e. The van der Waals surface area contributed by atoms with Gasteiger partial charge < -0.3 is 19.4 Å². The van der Waals surface area contributed by atoms with Crippen molar-refractivity contribution in [3.63, 3.8) is 0 Å². The van der Waals surface area contributed by atoms with E-state index in [1.54, 1.807) is 36.4 Å². The number of hydrogen-bond donors (Lipinski definition) is 1. The number of aryl methyl sites for hydroxylation is 1. The van der Waals surface area contributed by atoms with Crippen LogP contribution in [0, 0.1) is 0 Å². The maximum absolute atomic E-state index is 12.4. The Hall–Kier alpha value is -4.40. The zero-order chi connectivity index (χ0) is 23.3. The Labute approximate surface area is 183 Å². The molecule has 3 aromatic rings. The molecule has 0 aliphatic heterocycles. The maximum atomic E-state index is 12.4. The van der Waals surface area contributed by atoms with Crippen molar-refractivity contribution in [2.24, 2.45) is 14.1 Å². The largest absolute Gasteiger partial charge is 0.496 e. The molecule has 1 N–H and O–H groups in total. The summed E-state index contributed by atoms with van der Waals surface area (Å²) in [6.07, 6.45) is 3.72. The van der Waals surface area contributed by atoms with E-state index in [0.29, 0.717) is 17.0 Å². The first kappa shape index (κ1) is 22.3. The van der Waals surface area contributed by atoms with Gasteiger partial charge in [0.15, 0.2) is 0 Å². The Morgan fingerprint density at radius 2 is 1.69 bits per heavy atom. The predicted molar refractivity (Wildman–Crippen MR) is 119 cm³/mol. The molecule has 9 nitrogen and oxygen atoms in total. The number of esters is 1. The normalized spacial score (nSPS) is 10.7. The first-order valence-electron chi connectivity index (χ1n) is 9.51. The van der Waals surface area contributed by atoms with Gasteiger partial charge in [-0.05, 0) is 42.5 Å². The van der Waals surface area contributed by atoms with Crippen molar-refractivity contribution in [3.8, 4) is 11.5 Å². The second-order valence-corrected chi connectivity index (χ2v) is 6.78. The van der Waals surface area contributed by atoms with Crippen LogP contribution >= 0.6 is 0 Å². The fourth-order valence-corrected chi connectivity index (χ4v) is 2.90. The Balaban J connectivity index is 1.65. The fourth-order valence-electron chi connectivity index (χ4n) is 2.90. The van der Waals surface area contributed by atoms with E-state index in [0.717, 1.165) is 10.6 Å². The minimum absolute atomic E-state index is 0.168. The van der Waals surface area contributed by atoms with Gasteiger partial charge in [0.1, 0.15) is 11.5 Å². The molecule has 0 saturated heterocycles. The van der Waals surface area contributed by atoms with Gasteiger partial charge >= 0.3 is 11.7 Å². The molecule has 0 atom stereocenters. The summed E-state index contributed by atoms with van der Waals surface area (Å²) in [6.45, 7) is 0. The standard InChI is InChI=1S/C23H21N3O6/c1-25-14-15(22(29)26(2)23(25)30)8-13-20(27)32-17-11-9-16(10-12-17)24-21(28)18-6-4-5-7-19(18)31-3/h4-14H,1-3H3,(H,24,28)/b13-8+. The second kappa shape index (κ2) is 9.61. The van der Waals surface area contributed by atoms with Gasteiger partial charge in [-0.2, -0.15) is 0 Å². The van der Waals surface area contributed by atoms with E-state index in [9.17, 15) is 19.2 Å². The number of nitrogens with zero attached hydrogens (tertiary/aromatic N) is 2. The van der Waals surface area contributed by atoms with Crippen molar-refractivity contribution in [2.75, 3.05) is 12.4 Å². The van der Waals surface area contributed by atoms with Crippen molar-refractivity contribution in [2.45, 2.75) is 0 Å². The lowest BCUT2D eigenvalue weighted by Gasteiger charge is -2.09. The molecular formula is C23H21N3O6. The van der Waals surface area contributed by atoms with Gasteiger partial charge in [-0.15, -0.1) is 0 Å². The van der Waals surface area contributed by atoms with Crippen LogP contribution in [0.25, 0.3) is 6.08 Å². The number of ether oxygens (including phenoxy) is 2. The van der Waals surface area contributed by atoms with Crippen LogP contribution in [0.3, 0.4) is 0 Å². The summed E-state index contributed by atoms with van der Waals surface area (Å²) >= 11 is 0. The van der Waals surface area contributed by atoms with E-state index < -0.39 is 17.2 Å². The number of benzene rings is 2. The average Bonchev–Trinajstić information content (AvgIpc) is 2.80. The summed E-state index contributed by atoms with van der Waals surface area (Å²) in [6, 6.07) is 13.1. The summed E-state index contributed by atoms with van der Waals surface area (Å²) in [7, 11) is 4.35. The van der Waals surface area contributed by atoms with E-state index >= 15 is 0 Å². The predicted octanol–water partition coefficient (Wildman–Crippen LogP) is 1.96. The van der Waals surface area contributed by atoms with Crippen LogP contribution in [0.1, 0.15) is 15.9 Å². The number of rotatable bonds is 6. The first-order valence-corrected chi connectivity index (χ1v) is 9.51. The molecule has 0 saturated carbocycles. The van der Waals surface area contributed by atoms with Crippen LogP contribution in [0.5, 0.6) is 11.5 Å². The number of nitrogens with one attached hydrogen (secondary N) is 1. The van der Waals surface area contributed by atoms with Crippen LogP contribution < -0.4 is 26.0 Å². The Kier molecular flexibility index (Phi) is 6.69. The number of carbonyl (C=O) groups is 2. The molecule has 164 valence electrons. The molecule has 32 heavy (non-hydrogen) atoms. The number of aromatic nitrogens is 2. The molecule has 0 aliphatic carbocycles. The molecule has 9 heteroatoms. The molecule has 0 unspecified atom stereocenters. The third kappa shape index (κ3) is 5.01. The molecule has 1 aromatic heterocycles. The summed E-state index contributed by atoms with van der Waals surface area (Å²) in [5.74, 6) is -0.334. The Morgan fingerprint density at radius 1 is 1.00 bits per heavy atom. The van der Waals surface area contributed by atoms with Gasteiger partial charge in [-0.3, -0.25) is 14.2 Å². The number of hydrogen-bond acceptors (Lipinski definition) is 6. The molecular weight excluding hydrogens is 414 g/mol. The number of amides is 1. The third-order valence-corrected chi connectivity index (χ3v) is 4.55. The van der Waals surface area contributed by atoms with Gasteiger partial charge in [-0.1, -0.05) is 12.1 Å². The topological polar surface area (TPSA) is 109 Å². The zero-order valence-electron chi connectivity index (χ0n) is 17.7. The van der Waals surface area contributed by atoms with Gasteiger partial charge in [0.05, 0.1) is 18.2 Å². The highest BCUT2D eigenvalue weighted by Crippen LogP contribution is 2.21. The monoisotopic (exact) mass is 435 g/mol. The van der Waals surface area contributed by atoms with Crippen LogP contribution in [0.15, 0.2) is 70.4 Å². The first-order chi connectivity index (χ1) is 15.3. The second-order valence-electron chi connectivity index (χ2n) is 6.78. The van der Waals surface area contributed by atoms with Crippen molar-refractivity contribution in [3.05, 3.63) is 92.8 Å². The molecule has 1 amide bonds. The van der Waals surface area contributed by atoms with Gasteiger partial charge in [-0.25, -0.2) is 9.59 Å². The molecule has 3 rings (SSSR count). The van der Waals surface area contributed by atoms with Crippen molar-refractivity contribution >= 4 is 23.6 Å². The van der Waals surface area contributed by atoms with Crippen LogP contribution in [-0.4, -0.2) is 28.1 Å². The Morgan fingerprint density at radius 3 is 2.38 bits per heavy atom. The minimum Gasteiger partial charge on any atom is -0.496 e. The number of para-hydroxylation sites is 1. The summed E-state index contributed by atoms with van der Waals surface area (Å²) < 4.78 is 12.6. The van der Waals surface area contributed by atoms with E-state index in [1.165, 1.54) is 50.2 Å². The number of carbonyl (C=O) groups excluding carboxylic acids is 2. The van der Waals surface area contributed by atoms with Crippen LogP contribution in [0.2, 0.25) is 0 Å². The summed E-state index contributed by atoms with van der Waals surface area (Å²) in [5.41, 5.74) is 0.0750. The summed E-state index contributed by atoms with van der Waals surface area (Å²) in [5, 5.41) is 2.74. The van der Waals surface area contributed by atoms with E-state index in [4.69, 9.17) is 9.47 Å². The van der Waals surface area contributed by atoms with Gasteiger partial charge in [0, 0.05) is 32.1 Å². The van der Waals surface area contributed by atoms with Crippen molar-refractivity contribution < 1.29 is 19.1 Å². The van der Waals surface area contributed by atoms with E-state index in [-0.39, 0.29) is 17.2 Å². The Bertz CT molecular complexity index is 1300. The molecule has 0 radical (unpaired) electrons. The van der Waals surface area contributed by atoms with Crippen molar-refractivity contribution in [1.82, 2.24) is 9.13 Å². The van der Waals surface area contributed by atoms with E-state index in [1.807, 2.05) is 0 Å². The van der Waals surface area contributed by atoms with E-state index in [2.05, 4.69) is 5.32 Å². The molecule has 0 fully saturated rings. The van der Waals surface area contributed by atoms with Crippen LogP contribution in [-0.2, 0) is 18.9 Å². The third-order valence-electron chi connectivity index (χ3n) is 4.55. The van der Waals surface area contributed by atoms with Crippen LogP contribution in [0.4, 0.5) is 5.69 Å². The average molecular weight is 435 g/mol. The molecule has 1 heterocycles. The fraction of sp³-hybridized carbons (Fsp3) is 0.130. The highest BCUT2D eigenvalue weighted by Gasteiger charge is 2.12. The smallest absolute Gasteiger partial charge is 0.336 e. The quantitative estimate of drug-likeness (QED) is 0.360. The molecule has 2 aromatic carbocycles. The van der Waals surface area contributed by atoms with Gasteiger partial charge in [0.25, 0.3) is 11.5 Å². The lowest BCUT2D eigenvalue weighted by molar-refractivity contribution is -0.128. The number of anilines is 1. The van der Waals surface area contributed by atoms with Crippen molar-refractivity contribution in [1.29, 1.82) is 0 Å². The highest BCUT2D eigenvalue weighted by molar-refractivity contribution is 6.06. The zero-order valence-corrected chi connectivity index (χ0v) is 17.7. The SMILES string of the molecule is COc1ccccc1C(=O)Nc1ccc(OC(=O)/C=C/c2cn(C)c(=O)n(C)c2=O)cc1. The van der Waals surface area contributed by atoms with Gasteiger partial charge in [0.2, 0.25) is 0 Å². The highest BCUT2D eigenvalue weighted by atomic mass is 16.5. The molecule has 0 spiro atoms. The summed E-state index contributed by atoms with van der Waals surface area (Å²) in [4.78, 5) is 48.3. The lowest BCUT2D eigenvalue weighted by Crippen LogP contribution is -2.37. The minimum atomic E-state index is -0.702. The molecule has 0 bridgehead atoms. The lowest BCUT2D eigenvalue weighted by atomic mass is 10.2. The number of methoxy groups -OCH3 is 1.